The number of nitrogens with zero attached hydrogens (tertiary/aromatic N) is 1. The zero-order valence-corrected chi connectivity index (χ0v) is 9.47. The van der Waals surface area contributed by atoms with Gasteiger partial charge in [-0.25, -0.2) is 9.38 Å². The molecule has 0 atom stereocenters. The topological polar surface area (TPSA) is 50.4 Å². The van der Waals surface area contributed by atoms with E-state index in [9.17, 15) is 4.39 Å². The average Bonchev–Trinajstić information content (AvgIpc) is 1.97. The Labute approximate surface area is 89.3 Å². The van der Waals surface area contributed by atoms with Crippen LogP contribution in [-0.4, -0.2) is 25.7 Å². The molecule has 0 unspecified atom stereocenters. The summed E-state index contributed by atoms with van der Waals surface area (Å²) in [5, 5.41) is 2.60. The highest BCUT2D eigenvalue weighted by atomic mass is 127. The van der Waals surface area contributed by atoms with Crippen LogP contribution >= 0.6 is 24.0 Å². The van der Waals surface area contributed by atoms with E-state index >= 15 is 0 Å². The summed E-state index contributed by atoms with van der Waals surface area (Å²) in [6.07, 6.45) is 0. The molecule has 12 heavy (non-hydrogen) atoms. The van der Waals surface area contributed by atoms with Gasteiger partial charge in [-0.1, -0.05) is 12.2 Å². The average molecular weight is 287 g/mol. The van der Waals surface area contributed by atoms with Crippen LogP contribution in [0.5, 0.6) is 0 Å². The molecule has 72 valence electrons. The number of rotatable bonds is 4. The lowest BCUT2D eigenvalue weighted by molar-refractivity contribution is 0.490. The summed E-state index contributed by atoms with van der Waals surface area (Å²) < 4.78 is 11.6. The second-order valence-electron chi connectivity index (χ2n) is 2.27. The highest BCUT2D eigenvalue weighted by molar-refractivity contribution is 14.0. The molecule has 0 rings (SSSR count). The Bertz CT molecular complexity index is 159. The molecule has 0 bridgehead atoms. The Morgan fingerprint density at radius 3 is 2.67 bits per heavy atom. The van der Waals surface area contributed by atoms with Crippen molar-refractivity contribution < 1.29 is 4.39 Å². The highest BCUT2D eigenvalue weighted by Crippen LogP contribution is 1.85. The van der Waals surface area contributed by atoms with Crippen molar-refractivity contribution >= 4 is 29.9 Å². The third kappa shape index (κ3) is 9.67. The van der Waals surface area contributed by atoms with Crippen LogP contribution in [0.25, 0.3) is 0 Å². The van der Waals surface area contributed by atoms with Crippen LogP contribution < -0.4 is 11.1 Å². The number of hydrogen-bond donors (Lipinski definition) is 2. The van der Waals surface area contributed by atoms with Crippen molar-refractivity contribution in [3.05, 3.63) is 12.2 Å². The van der Waals surface area contributed by atoms with Crippen LogP contribution in [0.1, 0.15) is 6.92 Å². The molecule has 0 saturated heterocycles. The van der Waals surface area contributed by atoms with Crippen LogP contribution in [0, 0.1) is 0 Å². The van der Waals surface area contributed by atoms with E-state index in [0.29, 0.717) is 6.54 Å². The van der Waals surface area contributed by atoms with Crippen molar-refractivity contribution in [1.29, 1.82) is 0 Å². The molecular formula is C7H15FIN3. The Morgan fingerprint density at radius 1 is 1.67 bits per heavy atom. The molecule has 0 radical (unpaired) electrons. The second-order valence-corrected chi connectivity index (χ2v) is 2.27. The van der Waals surface area contributed by atoms with Crippen molar-refractivity contribution in [2.24, 2.45) is 10.7 Å². The van der Waals surface area contributed by atoms with Gasteiger partial charge in [-0.2, -0.15) is 0 Å². The maximum Gasteiger partial charge on any atom is 0.188 e. The molecule has 0 aliphatic rings. The highest BCUT2D eigenvalue weighted by Gasteiger charge is 1.88. The number of halogens is 2. The Kier molecular flexibility index (Phi) is 10.4. The van der Waals surface area contributed by atoms with E-state index in [1.807, 2.05) is 6.92 Å². The summed E-state index contributed by atoms with van der Waals surface area (Å²) >= 11 is 0. The Morgan fingerprint density at radius 2 is 2.25 bits per heavy atom. The minimum Gasteiger partial charge on any atom is -0.370 e. The molecule has 0 spiro atoms. The van der Waals surface area contributed by atoms with Gasteiger partial charge in [-0.05, 0) is 6.92 Å². The third-order valence-electron chi connectivity index (χ3n) is 0.920. The maximum absolute atomic E-state index is 11.6. The zero-order valence-electron chi connectivity index (χ0n) is 7.14. The Hall–Kier alpha value is -0.330. The minimum atomic E-state index is -0.441. The third-order valence-corrected chi connectivity index (χ3v) is 0.920. The van der Waals surface area contributed by atoms with E-state index in [0.717, 1.165) is 5.57 Å². The normalized spacial score (nSPS) is 10.3. The molecule has 0 aliphatic heterocycles. The molecule has 0 aliphatic carbocycles. The van der Waals surface area contributed by atoms with Gasteiger partial charge in [-0.15, -0.1) is 24.0 Å². The van der Waals surface area contributed by atoms with Gasteiger partial charge in [0.15, 0.2) is 5.96 Å². The summed E-state index contributed by atoms with van der Waals surface area (Å²) in [5.74, 6) is 0.269. The zero-order chi connectivity index (χ0) is 8.69. The number of hydrogen-bond acceptors (Lipinski definition) is 1. The molecule has 0 aromatic carbocycles. The van der Waals surface area contributed by atoms with Crippen LogP contribution in [0.4, 0.5) is 4.39 Å². The van der Waals surface area contributed by atoms with E-state index in [1.165, 1.54) is 0 Å². The lowest BCUT2D eigenvalue weighted by Crippen LogP contribution is -2.33. The van der Waals surface area contributed by atoms with Gasteiger partial charge < -0.3 is 11.1 Å². The van der Waals surface area contributed by atoms with Crippen molar-refractivity contribution in [2.45, 2.75) is 6.92 Å². The molecule has 0 aromatic rings. The smallest absolute Gasteiger partial charge is 0.188 e. The predicted molar refractivity (Wildman–Crippen MR) is 60.7 cm³/mol. The number of guanidine groups is 1. The van der Waals surface area contributed by atoms with Crippen molar-refractivity contribution in [2.75, 3.05) is 19.8 Å². The second kappa shape index (κ2) is 8.76. The van der Waals surface area contributed by atoms with E-state index < -0.39 is 6.67 Å². The first-order valence-electron chi connectivity index (χ1n) is 3.41. The molecule has 0 aromatic heterocycles. The molecule has 0 fully saturated rings. The molecule has 0 heterocycles. The van der Waals surface area contributed by atoms with Crippen molar-refractivity contribution in [3.63, 3.8) is 0 Å². The fourth-order valence-electron chi connectivity index (χ4n) is 0.451. The van der Waals surface area contributed by atoms with Crippen molar-refractivity contribution in [3.8, 4) is 0 Å². The first kappa shape index (κ1) is 14.2. The number of nitrogens with one attached hydrogen (secondary N) is 1. The molecule has 0 amide bonds. The first-order valence-corrected chi connectivity index (χ1v) is 3.41. The summed E-state index contributed by atoms with van der Waals surface area (Å²) in [4.78, 5) is 3.88. The number of alkyl halides is 1. The molecule has 3 nitrogen and oxygen atoms in total. The van der Waals surface area contributed by atoms with Crippen LogP contribution in [0.15, 0.2) is 17.1 Å². The fourth-order valence-corrected chi connectivity index (χ4v) is 0.451. The van der Waals surface area contributed by atoms with Crippen LogP contribution in [0.2, 0.25) is 0 Å². The van der Waals surface area contributed by atoms with Gasteiger partial charge in [0.2, 0.25) is 0 Å². The first-order chi connectivity index (χ1) is 5.16. The Balaban J connectivity index is 0. The lowest BCUT2D eigenvalue weighted by atomic mass is 10.4. The van der Waals surface area contributed by atoms with Gasteiger partial charge in [-0.3, -0.25) is 0 Å². The summed E-state index contributed by atoms with van der Waals surface area (Å²) in [6, 6.07) is 0. The van der Waals surface area contributed by atoms with Gasteiger partial charge in [0.1, 0.15) is 6.67 Å². The van der Waals surface area contributed by atoms with E-state index in [1.54, 1.807) is 0 Å². The van der Waals surface area contributed by atoms with Crippen LogP contribution in [-0.2, 0) is 0 Å². The number of nitrogens with two attached hydrogens (primary N) is 1. The standard InChI is InChI=1S/C7H14FN3.HI/c1-6(2)5-11-7(9)10-4-3-8;/h1,3-5H2,2H3,(H3,9,10,11);1H. The van der Waals surface area contributed by atoms with Gasteiger partial charge in [0.25, 0.3) is 0 Å². The predicted octanol–water partition coefficient (Wildman–Crippen LogP) is 1.05. The van der Waals surface area contributed by atoms with E-state index in [-0.39, 0.29) is 36.5 Å². The summed E-state index contributed by atoms with van der Waals surface area (Å²) in [5.41, 5.74) is 6.27. The summed E-state index contributed by atoms with van der Waals surface area (Å²) in [6.45, 7) is 5.76. The fraction of sp³-hybridized carbons (Fsp3) is 0.571. The minimum absolute atomic E-state index is 0. The summed E-state index contributed by atoms with van der Waals surface area (Å²) in [7, 11) is 0. The quantitative estimate of drug-likeness (QED) is 0.351. The number of aliphatic imine (C=N–C) groups is 1. The van der Waals surface area contributed by atoms with E-state index in [2.05, 4.69) is 16.9 Å². The molecule has 5 heteroatoms. The van der Waals surface area contributed by atoms with Gasteiger partial charge >= 0.3 is 0 Å². The molecular weight excluding hydrogens is 272 g/mol. The maximum atomic E-state index is 11.6. The van der Waals surface area contributed by atoms with Gasteiger partial charge in [0.05, 0.1) is 6.54 Å². The molecule has 0 saturated carbocycles. The van der Waals surface area contributed by atoms with E-state index in [4.69, 9.17) is 5.73 Å². The monoisotopic (exact) mass is 287 g/mol. The van der Waals surface area contributed by atoms with Crippen LogP contribution in [0.3, 0.4) is 0 Å². The largest absolute Gasteiger partial charge is 0.370 e. The van der Waals surface area contributed by atoms with Gasteiger partial charge in [0, 0.05) is 6.54 Å². The lowest BCUT2D eigenvalue weighted by Gasteiger charge is -2.01. The SMILES string of the molecule is C=C(C)CN=C(N)NCCF.I. The molecule has 3 N–H and O–H groups in total. The van der Waals surface area contributed by atoms with Crippen molar-refractivity contribution in [1.82, 2.24) is 5.32 Å².